The Kier molecular flexibility index (Phi) is 4.11. The summed E-state index contributed by atoms with van der Waals surface area (Å²) in [5, 5.41) is 13.2. The third-order valence-electron chi connectivity index (χ3n) is 3.27. The minimum Gasteiger partial charge on any atom is -0.389 e. The molecule has 0 spiro atoms. The summed E-state index contributed by atoms with van der Waals surface area (Å²) in [5.41, 5.74) is 0.721. The quantitative estimate of drug-likeness (QED) is 0.829. The highest BCUT2D eigenvalue weighted by Crippen LogP contribution is 2.26. The molecular formula is C15H23FN2O. The van der Waals surface area contributed by atoms with Crippen molar-refractivity contribution in [1.29, 1.82) is 0 Å². The van der Waals surface area contributed by atoms with Crippen LogP contribution in [-0.2, 0) is 6.54 Å². The molecule has 0 atom stereocenters. The molecule has 0 aromatic heterocycles. The zero-order valence-electron chi connectivity index (χ0n) is 11.9. The third kappa shape index (κ3) is 4.18. The fourth-order valence-electron chi connectivity index (χ4n) is 2.28. The summed E-state index contributed by atoms with van der Waals surface area (Å²) in [7, 11) is 1.88. The molecule has 1 saturated carbocycles. The van der Waals surface area contributed by atoms with Gasteiger partial charge in [0, 0.05) is 37.4 Å². The van der Waals surface area contributed by atoms with Crippen molar-refractivity contribution >= 4 is 5.69 Å². The van der Waals surface area contributed by atoms with Crippen LogP contribution in [0.5, 0.6) is 0 Å². The van der Waals surface area contributed by atoms with Gasteiger partial charge in [0.25, 0.3) is 0 Å². The fourth-order valence-corrected chi connectivity index (χ4v) is 2.28. The van der Waals surface area contributed by atoms with Gasteiger partial charge in [-0.1, -0.05) is 6.07 Å². The predicted octanol–water partition coefficient (Wildman–Crippen LogP) is 2.28. The van der Waals surface area contributed by atoms with Gasteiger partial charge in [-0.3, -0.25) is 0 Å². The first-order chi connectivity index (χ1) is 8.87. The van der Waals surface area contributed by atoms with Crippen LogP contribution in [0, 0.1) is 5.82 Å². The van der Waals surface area contributed by atoms with Crippen LogP contribution in [0.3, 0.4) is 0 Å². The molecule has 19 heavy (non-hydrogen) atoms. The fraction of sp³-hybridized carbons (Fsp3) is 0.600. The van der Waals surface area contributed by atoms with E-state index in [4.69, 9.17) is 0 Å². The zero-order chi connectivity index (χ0) is 14.0. The molecule has 0 radical (unpaired) electrons. The molecule has 106 valence electrons. The maximum Gasteiger partial charge on any atom is 0.129 e. The highest BCUT2D eigenvalue weighted by atomic mass is 19.1. The molecule has 0 unspecified atom stereocenters. The summed E-state index contributed by atoms with van der Waals surface area (Å²) < 4.78 is 14.0. The Balaban J connectivity index is 2.15. The maximum absolute atomic E-state index is 14.0. The number of nitrogens with one attached hydrogen (secondary N) is 1. The molecular weight excluding hydrogens is 243 g/mol. The number of benzene rings is 1. The number of hydrogen-bond donors (Lipinski definition) is 2. The van der Waals surface area contributed by atoms with Gasteiger partial charge in [-0.25, -0.2) is 4.39 Å². The van der Waals surface area contributed by atoms with Gasteiger partial charge < -0.3 is 15.3 Å². The summed E-state index contributed by atoms with van der Waals surface area (Å²) in [4.78, 5) is 1.91. The second-order valence-corrected chi connectivity index (χ2v) is 6.06. The summed E-state index contributed by atoms with van der Waals surface area (Å²) in [6.07, 6.45) is 2.37. The van der Waals surface area contributed by atoms with Crippen molar-refractivity contribution in [2.75, 3.05) is 18.5 Å². The molecule has 0 saturated heterocycles. The van der Waals surface area contributed by atoms with Gasteiger partial charge in [0.15, 0.2) is 0 Å². The van der Waals surface area contributed by atoms with Crippen molar-refractivity contribution in [3.63, 3.8) is 0 Å². The molecule has 1 fully saturated rings. The largest absolute Gasteiger partial charge is 0.389 e. The lowest BCUT2D eigenvalue weighted by Gasteiger charge is -2.29. The normalized spacial score (nSPS) is 15.6. The van der Waals surface area contributed by atoms with E-state index < -0.39 is 5.60 Å². The highest BCUT2D eigenvalue weighted by molar-refractivity contribution is 5.54. The number of anilines is 1. The first-order valence-electron chi connectivity index (χ1n) is 6.81. The van der Waals surface area contributed by atoms with Crippen LogP contribution in [0.25, 0.3) is 0 Å². The van der Waals surface area contributed by atoms with Crippen molar-refractivity contribution in [2.24, 2.45) is 0 Å². The van der Waals surface area contributed by atoms with Crippen molar-refractivity contribution in [1.82, 2.24) is 5.32 Å². The van der Waals surface area contributed by atoms with Gasteiger partial charge in [-0.15, -0.1) is 0 Å². The van der Waals surface area contributed by atoms with E-state index in [0.29, 0.717) is 24.7 Å². The topological polar surface area (TPSA) is 35.5 Å². The van der Waals surface area contributed by atoms with Gasteiger partial charge >= 0.3 is 0 Å². The Labute approximate surface area is 114 Å². The lowest BCUT2D eigenvalue weighted by Crippen LogP contribution is -2.37. The first-order valence-corrected chi connectivity index (χ1v) is 6.81. The minimum absolute atomic E-state index is 0.187. The number of rotatable bonds is 6. The molecule has 3 nitrogen and oxygen atoms in total. The second-order valence-electron chi connectivity index (χ2n) is 6.06. The molecule has 1 aliphatic carbocycles. The molecule has 1 aliphatic rings. The lowest BCUT2D eigenvalue weighted by molar-refractivity contribution is 0.0885. The molecule has 1 aromatic carbocycles. The first kappa shape index (κ1) is 14.3. The summed E-state index contributed by atoms with van der Waals surface area (Å²) >= 11 is 0. The van der Waals surface area contributed by atoms with E-state index in [-0.39, 0.29) is 5.82 Å². The van der Waals surface area contributed by atoms with Crippen molar-refractivity contribution in [2.45, 2.75) is 44.9 Å². The van der Waals surface area contributed by atoms with Crippen molar-refractivity contribution < 1.29 is 9.50 Å². The molecule has 0 bridgehead atoms. The van der Waals surface area contributed by atoms with E-state index in [1.165, 1.54) is 18.9 Å². The second kappa shape index (κ2) is 5.47. The van der Waals surface area contributed by atoms with Gasteiger partial charge in [-0.05, 0) is 38.8 Å². The van der Waals surface area contributed by atoms with Crippen LogP contribution in [0.15, 0.2) is 18.2 Å². The summed E-state index contributed by atoms with van der Waals surface area (Å²) in [6.45, 7) is 4.52. The number of nitrogens with zero attached hydrogens (tertiary/aromatic N) is 1. The smallest absolute Gasteiger partial charge is 0.129 e. The van der Waals surface area contributed by atoms with Gasteiger partial charge in [0.2, 0.25) is 0 Å². The minimum atomic E-state index is -0.803. The average Bonchev–Trinajstić information content (AvgIpc) is 3.08. The van der Waals surface area contributed by atoms with E-state index in [1.807, 2.05) is 18.0 Å². The van der Waals surface area contributed by atoms with Crippen LogP contribution < -0.4 is 10.2 Å². The van der Waals surface area contributed by atoms with E-state index >= 15 is 0 Å². The SMILES string of the molecule is CN(CC(C)(C)O)c1cccc(F)c1CNC1CC1. The van der Waals surface area contributed by atoms with Crippen molar-refractivity contribution in [3.8, 4) is 0 Å². The molecule has 2 rings (SSSR count). The summed E-state index contributed by atoms with van der Waals surface area (Å²) in [5.74, 6) is -0.187. The molecule has 4 heteroatoms. The average molecular weight is 266 g/mol. The Morgan fingerprint density at radius 3 is 2.68 bits per heavy atom. The molecule has 0 amide bonds. The highest BCUT2D eigenvalue weighted by Gasteiger charge is 2.23. The zero-order valence-corrected chi connectivity index (χ0v) is 11.9. The van der Waals surface area contributed by atoms with E-state index in [2.05, 4.69) is 5.32 Å². The standard InChI is InChI=1S/C15H23FN2O/c1-15(2,19)10-18(3)14-6-4-5-13(16)12(14)9-17-11-7-8-11/h4-6,11,17,19H,7-10H2,1-3H3. The van der Waals surface area contributed by atoms with E-state index in [1.54, 1.807) is 19.9 Å². The lowest BCUT2D eigenvalue weighted by atomic mass is 10.1. The summed E-state index contributed by atoms with van der Waals surface area (Å²) in [6, 6.07) is 5.66. The number of halogens is 1. The van der Waals surface area contributed by atoms with Crippen LogP contribution in [-0.4, -0.2) is 30.3 Å². The third-order valence-corrected chi connectivity index (χ3v) is 3.27. The van der Waals surface area contributed by atoms with E-state index in [0.717, 1.165) is 5.69 Å². The van der Waals surface area contributed by atoms with Crippen molar-refractivity contribution in [3.05, 3.63) is 29.6 Å². The Hall–Kier alpha value is -1.13. The Morgan fingerprint density at radius 1 is 1.42 bits per heavy atom. The van der Waals surface area contributed by atoms with Crippen LogP contribution >= 0.6 is 0 Å². The van der Waals surface area contributed by atoms with Crippen LogP contribution in [0.4, 0.5) is 10.1 Å². The monoisotopic (exact) mass is 266 g/mol. The van der Waals surface area contributed by atoms with Crippen LogP contribution in [0.1, 0.15) is 32.3 Å². The predicted molar refractivity (Wildman–Crippen MR) is 75.8 cm³/mol. The molecule has 2 N–H and O–H groups in total. The Morgan fingerprint density at radius 2 is 2.11 bits per heavy atom. The molecule has 0 heterocycles. The van der Waals surface area contributed by atoms with Gasteiger partial charge in [0.1, 0.15) is 5.82 Å². The number of likely N-dealkylation sites (N-methyl/N-ethyl adjacent to an activating group) is 1. The van der Waals surface area contributed by atoms with Gasteiger partial charge in [-0.2, -0.15) is 0 Å². The molecule has 1 aromatic rings. The van der Waals surface area contributed by atoms with Crippen LogP contribution in [0.2, 0.25) is 0 Å². The number of aliphatic hydroxyl groups is 1. The van der Waals surface area contributed by atoms with E-state index in [9.17, 15) is 9.50 Å². The maximum atomic E-state index is 14.0. The Bertz CT molecular complexity index is 438. The molecule has 0 aliphatic heterocycles. The number of hydrogen-bond acceptors (Lipinski definition) is 3. The van der Waals surface area contributed by atoms with Gasteiger partial charge in [0.05, 0.1) is 5.60 Å².